The highest BCUT2D eigenvalue weighted by Crippen LogP contribution is 2.37. The fourth-order valence-corrected chi connectivity index (χ4v) is 4.66. The van der Waals surface area contributed by atoms with E-state index in [4.69, 9.17) is 0 Å². The van der Waals surface area contributed by atoms with Crippen LogP contribution in [0.1, 0.15) is 90.9 Å². The van der Waals surface area contributed by atoms with Crippen molar-refractivity contribution in [3.8, 4) is 0 Å². The van der Waals surface area contributed by atoms with E-state index in [0.717, 1.165) is 23.8 Å². The molecule has 0 heterocycles. The summed E-state index contributed by atoms with van der Waals surface area (Å²) in [4.78, 5) is 0. The summed E-state index contributed by atoms with van der Waals surface area (Å²) in [6, 6.07) is 0.834. The van der Waals surface area contributed by atoms with E-state index < -0.39 is 0 Å². The van der Waals surface area contributed by atoms with Crippen molar-refractivity contribution in [1.82, 2.24) is 5.32 Å². The third-order valence-corrected chi connectivity index (χ3v) is 5.88. The van der Waals surface area contributed by atoms with E-state index >= 15 is 0 Å². The third kappa shape index (κ3) is 5.06. The molecule has 2 fully saturated rings. The first-order chi connectivity index (χ1) is 9.83. The van der Waals surface area contributed by atoms with Crippen LogP contribution in [-0.4, -0.2) is 12.6 Å². The predicted molar refractivity (Wildman–Crippen MR) is 89.0 cm³/mol. The molecule has 0 spiro atoms. The van der Waals surface area contributed by atoms with E-state index in [1.54, 1.807) is 0 Å². The molecule has 1 nitrogen and oxygen atoms in total. The van der Waals surface area contributed by atoms with Gasteiger partial charge in [-0.3, -0.25) is 0 Å². The molecule has 0 aromatic rings. The monoisotopic (exact) mass is 279 g/mol. The van der Waals surface area contributed by atoms with Crippen LogP contribution in [0.15, 0.2) is 0 Å². The number of hydrogen-bond donors (Lipinski definition) is 1. The highest BCUT2D eigenvalue weighted by atomic mass is 14.9. The lowest BCUT2D eigenvalue weighted by Gasteiger charge is -2.35. The summed E-state index contributed by atoms with van der Waals surface area (Å²) in [5.74, 6) is 3.07. The first kappa shape index (κ1) is 16.3. The van der Waals surface area contributed by atoms with Crippen molar-refractivity contribution in [2.24, 2.45) is 17.8 Å². The van der Waals surface area contributed by atoms with Gasteiger partial charge in [-0.05, 0) is 50.0 Å². The molecule has 1 N–H and O–H groups in total. The van der Waals surface area contributed by atoms with Crippen molar-refractivity contribution >= 4 is 0 Å². The Kier molecular flexibility index (Phi) is 7.41. The Bertz CT molecular complexity index is 236. The minimum atomic E-state index is 0.834. The van der Waals surface area contributed by atoms with Gasteiger partial charge in [-0.2, -0.15) is 0 Å². The summed E-state index contributed by atoms with van der Waals surface area (Å²) in [5, 5.41) is 3.91. The number of nitrogens with one attached hydrogen (secondary N) is 1. The Morgan fingerprint density at radius 1 is 0.850 bits per heavy atom. The van der Waals surface area contributed by atoms with Crippen LogP contribution < -0.4 is 5.32 Å². The average Bonchev–Trinajstić information content (AvgIpc) is 2.98. The Morgan fingerprint density at radius 3 is 2.15 bits per heavy atom. The fraction of sp³-hybridized carbons (Fsp3) is 1.00. The second-order valence-corrected chi connectivity index (χ2v) is 7.52. The normalized spacial score (nSPS) is 29.7. The molecule has 1 heteroatoms. The summed E-state index contributed by atoms with van der Waals surface area (Å²) < 4.78 is 0. The lowest BCUT2D eigenvalue weighted by molar-refractivity contribution is 0.193. The standard InChI is InChI=1S/C19H37N/c1-3-7-16-10-12-18(13-11-16)19(20-14-4-2)15-17-8-5-6-9-17/h16-20H,3-15H2,1-2H3. The van der Waals surface area contributed by atoms with Gasteiger partial charge >= 0.3 is 0 Å². The first-order valence-corrected chi connectivity index (χ1v) is 9.56. The van der Waals surface area contributed by atoms with E-state index in [0.29, 0.717) is 0 Å². The molecule has 0 aromatic heterocycles. The van der Waals surface area contributed by atoms with Gasteiger partial charge in [0.25, 0.3) is 0 Å². The van der Waals surface area contributed by atoms with Crippen molar-refractivity contribution in [3.63, 3.8) is 0 Å². The summed E-state index contributed by atoms with van der Waals surface area (Å²) in [7, 11) is 0. The van der Waals surface area contributed by atoms with Crippen LogP contribution in [0, 0.1) is 17.8 Å². The molecule has 0 saturated heterocycles. The summed E-state index contributed by atoms with van der Waals surface area (Å²) >= 11 is 0. The van der Waals surface area contributed by atoms with Crippen LogP contribution in [0.2, 0.25) is 0 Å². The van der Waals surface area contributed by atoms with Gasteiger partial charge in [0.2, 0.25) is 0 Å². The molecular weight excluding hydrogens is 242 g/mol. The summed E-state index contributed by atoms with van der Waals surface area (Å²) in [6.07, 6.45) is 17.6. The molecule has 2 aliphatic rings. The van der Waals surface area contributed by atoms with Crippen LogP contribution in [0.25, 0.3) is 0 Å². The van der Waals surface area contributed by atoms with Crippen molar-refractivity contribution in [2.45, 2.75) is 96.9 Å². The van der Waals surface area contributed by atoms with Gasteiger partial charge in [-0.1, -0.05) is 65.2 Å². The highest BCUT2D eigenvalue weighted by Gasteiger charge is 2.29. The maximum absolute atomic E-state index is 3.91. The molecule has 2 saturated carbocycles. The minimum Gasteiger partial charge on any atom is -0.314 e. The molecule has 118 valence electrons. The van der Waals surface area contributed by atoms with E-state index in [-0.39, 0.29) is 0 Å². The first-order valence-electron chi connectivity index (χ1n) is 9.56. The molecule has 2 aliphatic carbocycles. The van der Waals surface area contributed by atoms with Gasteiger partial charge in [0.05, 0.1) is 0 Å². The smallest absolute Gasteiger partial charge is 0.00979 e. The summed E-state index contributed by atoms with van der Waals surface area (Å²) in [6.45, 7) is 5.88. The van der Waals surface area contributed by atoms with Crippen molar-refractivity contribution in [2.75, 3.05) is 6.54 Å². The van der Waals surface area contributed by atoms with Crippen LogP contribution >= 0.6 is 0 Å². The maximum Gasteiger partial charge on any atom is 0.00979 e. The zero-order valence-corrected chi connectivity index (χ0v) is 14.0. The second kappa shape index (κ2) is 9.07. The molecule has 0 bridgehead atoms. The van der Waals surface area contributed by atoms with Gasteiger partial charge in [0.1, 0.15) is 0 Å². The van der Waals surface area contributed by atoms with E-state index in [2.05, 4.69) is 19.2 Å². The molecule has 2 rings (SSSR count). The quantitative estimate of drug-likeness (QED) is 0.615. The Morgan fingerprint density at radius 2 is 1.55 bits per heavy atom. The van der Waals surface area contributed by atoms with Gasteiger partial charge in [0.15, 0.2) is 0 Å². The molecule has 20 heavy (non-hydrogen) atoms. The Balaban J connectivity index is 1.79. The van der Waals surface area contributed by atoms with Gasteiger partial charge < -0.3 is 5.32 Å². The third-order valence-electron chi connectivity index (χ3n) is 5.88. The molecule has 1 atom stereocenters. The van der Waals surface area contributed by atoms with Gasteiger partial charge in [0, 0.05) is 6.04 Å². The molecule has 1 unspecified atom stereocenters. The van der Waals surface area contributed by atoms with Crippen molar-refractivity contribution in [1.29, 1.82) is 0 Å². The van der Waals surface area contributed by atoms with Gasteiger partial charge in [-0.15, -0.1) is 0 Å². The van der Waals surface area contributed by atoms with Crippen LogP contribution in [0.4, 0.5) is 0 Å². The molecule has 0 amide bonds. The van der Waals surface area contributed by atoms with Gasteiger partial charge in [-0.25, -0.2) is 0 Å². The lowest BCUT2D eigenvalue weighted by atomic mass is 9.75. The van der Waals surface area contributed by atoms with Crippen LogP contribution in [0.3, 0.4) is 0 Å². The predicted octanol–water partition coefficient (Wildman–Crippen LogP) is 5.54. The van der Waals surface area contributed by atoms with E-state index in [1.165, 1.54) is 83.6 Å². The fourth-order valence-electron chi connectivity index (χ4n) is 4.66. The van der Waals surface area contributed by atoms with Crippen LogP contribution in [-0.2, 0) is 0 Å². The van der Waals surface area contributed by atoms with E-state index in [1.807, 2.05) is 0 Å². The highest BCUT2D eigenvalue weighted by molar-refractivity contribution is 4.85. The largest absolute Gasteiger partial charge is 0.314 e. The topological polar surface area (TPSA) is 12.0 Å². The Hall–Kier alpha value is -0.0400. The minimum absolute atomic E-state index is 0.834. The van der Waals surface area contributed by atoms with Crippen molar-refractivity contribution in [3.05, 3.63) is 0 Å². The molecule has 0 radical (unpaired) electrons. The van der Waals surface area contributed by atoms with Crippen LogP contribution in [0.5, 0.6) is 0 Å². The molecular formula is C19H37N. The SMILES string of the molecule is CCCNC(CC1CCCC1)C1CCC(CCC)CC1. The molecule has 0 aliphatic heterocycles. The van der Waals surface area contributed by atoms with Crippen molar-refractivity contribution < 1.29 is 0 Å². The Labute approximate surface area is 127 Å². The summed E-state index contributed by atoms with van der Waals surface area (Å²) in [5.41, 5.74) is 0. The number of hydrogen-bond acceptors (Lipinski definition) is 1. The van der Waals surface area contributed by atoms with E-state index in [9.17, 15) is 0 Å². The maximum atomic E-state index is 3.91. The second-order valence-electron chi connectivity index (χ2n) is 7.52. The molecule has 0 aromatic carbocycles. The lowest BCUT2D eigenvalue weighted by Crippen LogP contribution is -2.39. The number of rotatable bonds is 8. The average molecular weight is 280 g/mol. The zero-order chi connectivity index (χ0) is 14.2. The zero-order valence-electron chi connectivity index (χ0n) is 14.0.